The maximum atomic E-state index is 10.9. The van der Waals surface area contributed by atoms with Crippen LogP contribution in [0.25, 0.3) is 0 Å². The van der Waals surface area contributed by atoms with Crippen LogP contribution >= 0.6 is 24.8 Å². The SMILES string of the molecule is Cl.Cl.O=C(O)C1=CC(O)CN(Cc2cccnc2)C1. The molecule has 1 aliphatic heterocycles. The highest BCUT2D eigenvalue weighted by molar-refractivity contribution is 5.87. The van der Waals surface area contributed by atoms with Gasteiger partial charge in [0.15, 0.2) is 0 Å². The maximum Gasteiger partial charge on any atom is 0.332 e. The van der Waals surface area contributed by atoms with Crippen molar-refractivity contribution in [2.24, 2.45) is 0 Å². The first-order valence-corrected chi connectivity index (χ1v) is 5.38. The van der Waals surface area contributed by atoms with Crippen molar-refractivity contribution in [3.63, 3.8) is 0 Å². The van der Waals surface area contributed by atoms with Gasteiger partial charge in [-0.3, -0.25) is 9.88 Å². The number of β-amino-alcohol motifs (C(OH)–C–C–N with tert-alkyl or cyclic N) is 1. The molecular formula is C12H16Cl2N2O3. The van der Waals surface area contributed by atoms with E-state index in [1.165, 1.54) is 6.08 Å². The molecule has 7 heteroatoms. The molecule has 1 aromatic heterocycles. The lowest BCUT2D eigenvalue weighted by molar-refractivity contribution is -0.133. The summed E-state index contributed by atoms with van der Waals surface area (Å²) in [7, 11) is 0. The van der Waals surface area contributed by atoms with E-state index in [0.29, 0.717) is 19.6 Å². The molecule has 5 nitrogen and oxygen atoms in total. The Bertz CT molecular complexity index is 440. The third-order valence-electron chi connectivity index (χ3n) is 2.64. The Kier molecular flexibility index (Phi) is 7.63. The standard InChI is InChI=1S/C12H14N2O3.2ClH/c15-11-4-10(12(16)17)7-14(8-11)6-9-2-1-3-13-5-9;;/h1-5,11,15H,6-8H2,(H,16,17);2*1H. The summed E-state index contributed by atoms with van der Waals surface area (Å²) in [5.74, 6) is -0.972. The van der Waals surface area contributed by atoms with E-state index in [0.717, 1.165) is 5.56 Å². The summed E-state index contributed by atoms with van der Waals surface area (Å²) in [6.07, 6.45) is 4.12. The van der Waals surface area contributed by atoms with Gasteiger partial charge in [0.05, 0.1) is 6.10 Å². The van der Waals surface area contributed by atoms with Crippen LogP contribution in [0.1, 0.15) is 5.56 Å². The molecule has 0 aromatic carbocycles. The van der Waals surface area contributed by atoms with Crippen LogP contribution in [0.4, 0.5) is 0 Å². The molecule has 19 heavy (non-hydrogen) atoms. The van der Waals surface area contributed by atoms with Gasteiger partial charge in [-0.2, -0.15) is 0 Å². The second kappa shape index (κ2) is 8.12. The third-order valence-corrected chi connectivity index (χ3v) is 2.64. The first kappa shape index (κ1) is 17.9. The number of aliphatic carboxylic acids is 1. The van der Waals surface area contributed by atoms with E-state index in [9.17, 15) is 9.90 Å². The van der Waals surface area contributed by atoms with Gasteiger partial charge in [-0.05, 0) is 17.7 Å². The molecule has 0 spiro atoms. The minimum Gasteiger partial charge on any atom is -0.478 e. The Hall–Kier alpha value is -1.14. The maximum absolute atomic E-state index is 10.9. The number of rotatable bonds is 3. The number of carboxylic acid groups (broad SMARTS) is 1. The molecule has 0 bridgehead atoms. The predicted molar refractivity (Wildman–Crippen MR) is 75.7 cm³/mol. The molecular weight excluding hydrogens is 291 g/mol. The van der Waals surface area contributed by atoms with Crippen molar-refractivity contribution in [2.75, 3.05) is 13.1 Å². The summed E-state index contributed by atoms with van der Waals surface area (Å²) >= 11 is 0. The number of aliphatic hydroxyl groups excluding tert-OH is 1. The molecule has 1 unspecified atom stereocenters. The van der Waals surface area contributed by atoms with Crippen molar-refractivity contribution in [3.05, 3.63) is 41.7 Å². The van der Waals surface area contributed by atoms with Gasteiger partial charge in [0.2, 0.25) is 0 Å². The highest BCUT2D eigenvalue weighted by Crippen LogP contribution is 2.13. The van der Waals surface area contributed by atoms with Gasteiger partial charge in [0.1, 0.15) is 0 Å². The van der Waals surface area contributed by atoms with Crippen LogP contribution in [0.15, 0.2) is 36.2 Å². The topological polar surface area (TPSA) is 73.7 Å². The van der Waals surface area contributed by atoms with Crippen molar-refractivity contribution in [2.45, 2.75) is 12.6 Å². The molecule has 0 saturated carbocycles. The molecule has 0 amide bonds. The lowest BCUT2D eigenvalue weighted by atomic mass is 10.1. The number of pyridine rings is 1. The number of hydrogen-bond acceptors (Lipinski definition) is 4. The van der Waals surface area contributed by atoms with Crippen LogP contribution < -0.4 is 0 Å². The quantitative estimate of drug-likeness (QED) is 0.875. The predicted octanol–water partition coefficient (Wildman–Crippen LogP) is 1.11. The van der Waals surface area contributed by atoms with Crippen LogP contribution in [-0.2, 0) is 11.3 Å². The zero-order valence-electron chi connectivity index (χ0n) is 10.1. The van der Waals surface area contributed by atoms with Crippen LogP contribution in [0, 0.1) is 0 Å². The number of halogens is 2. The average Bonchev–Trinajstić information content (AvgIpc) is 2.29. The fourth-order valence-corrected chi connectivity index (χ4v) is 1.92. The van der Waals surface area contributed by atoms with E-state index >= 15 is 0 Å². The molecule has 1 aromatic rings. The number of hydrogen-bond donors (Lipinski definition) is 2. The monoisotopic (exact) mass is 306 g/mol. The minimum atomic E-state index is -0.972. The van der Waals surface area contributed by atoms with Crippen molar-refractivity contribution in [3.8, 4) is 0 Å². The van der Waals surface area contributed by atoms with E-state index < -0.39 is 12.1 Å². The highest BCUT2D eigenvalue weighted by atomic mass is 35.5. The number of aromatic nitrogens is 1. The molecule has 2 N–H and O–H groups in total. The van der Waals surface area contributed by atoms with E-state index in [1.54, 1.807) is 12.4 Å². The van der Waals surface area contributed by atoms with Gasteiger partial charge in [-0.25, -0.2) is 4.79 Å². The molecule has 2 rings (SSSR count). The summed E-state index contributed by atoms with van der Waals surface area (Å²) in [5.41, 5.74) is 1.25. The van der Waals surface area contributed by atoms with Gasteiger partial charge in [-0.15, -0.1) is 24.8 Å². The van der Waals surface area contributed by atoms with Crippen molar-refractivity contribution < 1.29 is 15.0 Å². The van der Waals surface area contributed by atoms with Crippen LogP contribution in [0.3, 0.4) is 0 Å². The molecule has 106 valence electrons. The summed E-state index contributed by atoms with van der Waals surface area (Å²) in [6, 6.07) is 3.77. The number of carbonyl (C=O) groups is 1. The van der Waals surface area contributed by atoms with E-state index in [-0.39, 0.29) is 30.4 Å². The van der Waals surface area contributed by atoms with Crippen LogP contribution in [0.5, 0.6) is 0 Å². The Morgan fingerprint density at radius 1 is 1.47 bits per heavy atom. The van der Waals surface area contributed by atoms with Crippen molar-refractivity contribution in [1.29, 1.82) is 0 Å². The fourth-order valence-electron chi connectivity index (χ4n) is 1.92. The minimum absolute atomic E-state index is 0. The molecule has 2 heterocycles. The van der Waals surface area contributed by atoms with E-state index in [1.807, 2.05) is 17.0 Å². The molecule has 1 atom stereocenters. The van der Waals surface area contributed by atoms with Crippen molar-refractivity contribution in [1.82, 2.24) is 9.88 Å². The molecule has 0 aliphatic carbocycles. The van der Waals surface area contributed by atoms with Gasteiger partial charge in [0, 0.05) is 37.6 Å². The Balaban J connectivity index is 0.00000162. The van der Waals surface area contributed by atoms with Gasteiger partial charge in [0.25, 0.3) is 0 Å². The third kappa shape index (κ3) is 5.16. The Labute approximate surface area is 123 Å². The first-order chi connectivity index (χ1) is 8.15. The normalized spacial score (nSPS) is 18.8. The van der Waals surface area contributed by atoms with E-state index in [2.05, 4.69) is 4.98 Å². The fraction of sp³-hybridized carbons (Fsp3) is 0.333. The molecule has 1 aliphatic rings. The number of carboxylic acids is 1. The summed E-state index contributed by atoms with van der Waals surface area (Å²) in [5, 5.41) is 18.5. The second-order valence-corrected chi connectivity index (χ2v) is 4.10. The summed E-state index contributed by atoms with van der Waals surface area (Å²) in [6.45, 7) is 1.39. The first-order valence-electron chi connectivity index (χ1n) is 5.38. The van der Waals surface area contributed by atoms with Gasteiger partial charge >= 0.3 is 5.97 Å². The van der Waals surface area contributed by atoms with Gasteiger partial charge in [-0.1, -0.05) is 6.07 Å². The molecule has 0 fully saturated rings. The zero-order valence-corrected chi connectivity index (χ0v) is 11.7. The van der Waals surface area contributed by atoms with Crippen LogP contribution in [-0.4, -0.2) is 45.3 Å². The molecule has 0 radical (unpaired) electrons. The number of aliphatic hydroxyl groups is 1. The van der Waals surface area contributed by atoms with Crippen LogP contribution in [0.2, 0.25) is 0 Å². The lowest BCUT2D eigenvalue weighted by Crippen LogP contribution is -2.38. The Morgan fingerprint density at radius 2 is 2.21 bits per heavy atom. The number of nitrogens with zero attached hydrogens (tertiary/aromatic N) is 2. The summed E-state index contributed by atoms with van der Waals surface area (Å²) in [4.78, 5) is 16.8. The second-order valence-electron chi connectivity index (χ2n) is 4.10. The zero-order chi connectivity index (χ0) is 12.3. The van der Waals surface area contributed by atoms with Crippen molar-refractivity contribution >= 4 is 30.8 Å². The Morgan fingerprint density at radius 3 is 2.79 bits per heavy atom. The smallest absolute Gasteiger partial charge is 0.332 e. The van der Waals surface area contributed by atoms with E-state index in [4.69, 9.17) is 5.11 Å². The highest BCUT2D eigenvalue weighted by Gasteiger charge is 2.22. The molecule has 0 saturated heterocycles. The van der Waals surface area contributed by atoms with Gasteiger partial charge < -0.3 is 10.2 Å². The summed E-state index contributed by atoms with van der Waals surface area (Å²) < 4.78 is 0. The average molecular weight is 307 g/mol. The lowest BCUT2D eigenvalue weighted by Gasteiger charge is -2.28. The largest absolute Gasteiger partial charge is 0.478 e.